The molecule has 0 radical (unpaired) electrons. The van der Waals surface area contributed by atoms with E-state index in [2.05, 4.69) is 89.9 Å². The number of furan rings is 1. The maximum atomic E-state index is 6.24. The molecule has 0 fully saturated rings. The summed E-state index contributed by atoms with van der Waals surface area (Å²) in [5.41, 5.74) is 6.79. The van der Waals surface area contributed by atoms with Gasteiger partial charge in [-0.05, 0) is 57.6 Å². The van der Waals surface area contributed by atoms with Crippen LogP contribution in [-0.4, -0.2) is 19.9 Å². The number of hydrogen-bond acceptors (Lipinski definition) is 6. The lowest BCUT2D eigenvalue weighted by molar-refractivity contribution is 0.669. The van der Waals surface area contributed by atoms with Gasteiger partial charge in [-0.3, -0.25) is 0 Å². The van der Waals surface area contributed by atoms with Gasteiger partial charge in [-0.1, -0.05) is 121 Å². The summed E-state index contributed by atoms with van der Waals surface area (Å²) in [4.78, 5) is 21.1. The van der Waals surface area contributed by atoms with Crippen LogP contribution in [0.4, 0.5) is 0 Å². The van der Waals surface area contributed by atoms with Crippen molar-refractivity contribution in [3.63, 3.8) is 0 Å². The monoisotopic (exact) mass is 682 g/mol. The summed E-state index contributed by atoms with van der Waals surface area (Å²) in [6.07, 6.45) is 1.87. The van der Waals surface area contributed by atoms with Crippen LogP contribution in [-0.2, 0) is 0 Å². The zero-order chi connectivity index (χ0) is 34.2. The second-order valence-corrected chi connectivity index (χ2v) is 14.0. The minimum Gasteiger partial charge on any atom is -0.456 e. The van der Waals surface area contributed by atoms with E-state index in [1.54, 1.807) is 11.3 Å². The van der Waals surface area contributed by atoms with Crippen LogP contribution in [0.5, 0.6) is 0 Å². The van der Waals surface area contributed by atoms with E-state index < -0.39 is 0 Å². The predicted octanol–water partition coefficient (Wildman–Crippen LogP) is 12.5. The Labute approximate surface area is 301 Å². The zero-order valence-corrected chi connectivity index (χ0v) is 28.4. The zero-order valence-electron chi connectivity index (χ0n) is 27.6. The molecule has 52 heavy (non-hydrogen) atoms. The summed E-state index contributed by atoms with van der Waals surface area (Å²) >= 11 is 1.76. The molecule has 11 rings (SSSR count). The number of aromatic nitrogens is 4. The van der Waals surface area contributed by atoms with E-state index in [0.29, 0.717) is 17.5 Å². The smallest absolute Gasteiger partial charge is 0.164 e. The van der Waals surface area contributed by atoms with E-state index in [0.717, 1.165) is 59.8 Å². The Morgan fingerprint density at radius 3 is 2.04 bits per heavy atom. The summed E-state index contributed by atoms with van der Waals surface area (Å²) in [7, 11) is 0. The average Bonchev–Trinajstić information content (AvgIpc) is 3.79. The van der Waals surface area contributed by atoms with E-state index >= 15 is 0 Å². The molecule has 0 aliphatic carbocycles. The van der Waals surface area contributed by atoms with Gasteiger partial charge in [-0.15, -0.1) is 11.3 Å². The van der Waals surface area contributed by atoms with Crippen LogP contribution in [0.1, 0.15) is 0 Å². The van der Waals surface area contributed by atoms with Gasteiger partial charge in [0.2, 0.25) is 0 Å². The molecule has 6 heteroatoms. The average molecular weight is 683 g/mol. The fraction of sp³-hybridized carbons (Fsp3) is 0. The van der Waals surface area contributed by atoms with Crippen molar-refractivity contribution in [2.45, 2.75) is 0 Å². The molecule has 0 spiro atoms. The lowest BCUT2D eigenvalue weighted by atomic mass is 9.94. The van der Waals surface area contributed by atoms with Crippen LogP contribution < -0.4 is 0 Å². The molecule has 0 unspecified atom stereocenters. The Morgan fingerprint density at radius 1 is 0.423 bits per heavy atom. The molecule has 0 aliphatic rings. The van der Waals surface area contributed by atoms with Gasteiger partial charge in [0.05, 0.1) is 0 Å². The third kappa shape index (κ3) is 4.48. The lowest BCUT2D eigenvalue weighted by Crippen LogP contribution is -2.00. The molecule has 0 saturated carbocycles. The largest absolute Gasteiger partial charge is 0.456 e. The molecule has 7 aromatic carbocycles. The standard InChI is InChI=1S/C46H26N4OS/c1-2-10-27(11-3-1)43-48-44(50-45(49-43)38-17-8-20-40-41(38)37-13-4-5-19-39(37)51-40)35-16-6-12-28-26-29(21-22-31(28)35)30-14-7-15-33-32(30)23-24-34-36-18-9-25-47-46(36)52-42(33)34/h1-26H. The Morgan fingerprint density at radius 2 is 1.10 bits per heavy atom. The first kappa shape index (κ1) is 29.0. The maximum Gasteiger partial charge on any atom is 0.164 e. The summed E-state index contributed by atoms with van der Waals surface area (Å²) < 4.78 is 7.51. The normalized spacial score (nSPS) is 11.8. The highest BCUT2D eigenvalue weighted by Gasteiger charge is 2.19. The highest BCUT2D eigenvalue weighted by Crippen LogP contribution is 2.42. The number of pyridine rings is 1. The third-order valence-electron chi connectivity index (χ3n) is 10.0. The molecule has 4 aromatic heterocycles. The van der Waals surface area contributed by atoms with Gasteiger partial charge in [-0.2, -0.15) is 0 Å². The summed E-state index contributed by atoms with van der Waals surface area (Å²) in [6.45, 7) is 0. The van der Waals surface area contributed by atoms with E-state index in [-0.39, 0.29) is 0 Å². The first-order chi connectivity index (χ1) is 25.8. The quantitative estimate of drug-likeness (QED) is 0.185. The number of para-hydroxylation sites is 1. The minimum atomic E-state index is 0.605. The molecule has 0 N–H and O–H groups in total. The van der Waals surface area contributed by atoms with Crippen LogP contribution in [0.15, 0.2) is 162 Å². The van der Waals surface area contributed by atoms with Gasteiger partial charge < -0.3 is 4.42 Å². The fourth-order valence-electron chi connectivity index (χ4n) is 7.62. The number of benzene rings is 7. The highest BCUT2D eigenvalue weighted by molar-refractivity contribution is 7.26. The van der Waals surface area contributed by atoms with Gasteiger partial charge in [0.25, 0.3) is 0 Å². The van der Waals surface area contributed by atoms with Gasteiger partial charge >= 0.3 is 0 Å². The molecule has 0 atom stereocenters. The maximum absolute atomic E-state index is 6.24. The first-order valence-electron chi connectivity index (χ1n) is 17.2. The molecule has 242 valence electrons. The summed E-state index contributed by atoms with van der Waals surface area (Å²) in [6, 6.07) is 52.7. The van der Waals surface area contributed by atoms with Crippen LogP contribution in [0, 0.1) is 0 Å². The SMILES string of the molecule is c1ccc(-c2nc(-c3cccc4cc(-c5cccc6c5ccc5c7cccnc7sc65)ccc34)nc(-c3cccc4oc5ccccc5c34)n2)cc1. The minimum absolute atomic E-state index is 0.605. The van der Waals surface area contributed by atoms with Crippen molar-refractivity contribution in [3.8, 4) is 45.3 Å². The number of thiophene rings is 1. The van der Waals surface area contributed by atoms with Gasteiger partial charge in [-0.25, -0.2) is 19.9 Å². The van der Waals surface area contributed by atoms with Crippen molar-refractivity contribution in [2.24, 2.45) is 0 Å². The number of rotatable bonds is 4. The Kier molecular flexibility index (Phi) is 6.35. The van der Waals surface area contributed by atoms with E-state index in [1.165, 1.54) is 31.8 Å². The number of fused-ring (bicyclic) bond motifs is 9. The number of nitrogens with zero attached hydrogens (tertiary/aromatic N) is 4. The fourth-order valence-corrected chi connectivity index (χ4v) is 8.79. The molecule has 0 aliphatic heterocycles. The molecular weight excluding hydrogens is 657 g/mol. The van der Waals surface area contributed by atoms with E-state index in [4.69, 9.17) is 19.4 Å². The number of hydrogen-bond donors (Lipinski definition) is 0. The van der Waals surface area contributed by atoms with Crippen molar-refractivity contribution >= 4 is 75.1 Å². The van der Waals surface area contributed by atoms with Crippen molar-refractivity contribution in [1.82, 2.24) is 19.9 Å². The van der Waals surface area contributed by atoms with Gasteiger partial charge in [0.1, 0.15) is 16.0 Å². The highest BCUT2D eigenvalue weighted by atomic mass is 32.1. The van der Waals surface area contributed by atoms with Crippen LogP contribution in [0.2, 0.25) is 0 Å². The van der Waals surface area contributed by atoms with Crippen molar-refractivity contribution in [1.29, 1.82) is 0 Å². The predicted molar refractivity (Wildman–Crippen MR) is 215 cm³/mol. The molecule has 11 aromatic rings. The van der Waals surface area contributed by atoms with Crippen LogP contribution in [0.3, 0.4) is 0 Å². The molecular formula is C46H26N4OS. The van der Waals surface area contributed by atoms with Gasteiger partial charge in [0, 0.05) is 54.5 Å². The van der Waals surface area contributed by atoms with Crippen LogP contribution >= 0.6 is 11.3 Å². The Hall–Kier alpha value is -6.76. The lowest BCUT2D eigenvalue weighted by Gasteiger charge is -2.12. The second kappa shape index (κ2) is 11.4. The van der Waals surface area contributed by atoms with E-state index in [1.807, 2.05) is 72.9 Å². The molecule has 0 bridgehead atoms. The first-order valence-corrected chi connectivity index (χ1v) is 18.0. The molecule has 0 amide bonds. The Bertz CT molecular complexity index is 3200. The second-order valence-electron chi connectivity index (χ2n) is 13.0. The van der Waals surface area contributed by atoms with Crippen molar-refractivity contribution < 1.29 is 4.42 Å². The topological polar surface area (TPSA) is 64.7 Å². The molecule has 5 nitrogen and oxygen atoms in total. The van der Waals surface area contributed by atoms with Crippen molar-refractivity contribution in [3.05, 3.63) is 158 Å². The van der Waals surface area contributed by atoms with E-state index in [9.17, 15) is 0 Å². The third-order valence-corrected chi connectivity index (χ3v) is 11.2. The van der Waals surface area contributed by atoms with Crippen molar-refractivity contribution in [2.75, 3.05) is 0 Å². The molecule has 0 saturated heterocycles. The summed E-state index contributed by atoms with van der Waals surface area (Å²) in [5.74, 6) is 1.85. The van der Waals surface area contributed by atoms with Crippen LogP contribution in [0.25, 0.3) is 109 Å². The Balaban J connectivity index is 1.09. The molecule has 4 heterocycles. The van der Waals surface area contributed by atoms with Gasteiger partial charge in [0.15, 0.2) is 17.5 Å². The summed E-state index contributed by atoms with van der Waals surface area (Å²) in [5, 5.41) is 9.16.